The predicted molar refractivity (Wildman–Crippen MR) is 74.7 cm³/mol. The lowest BCUT2D eigenvalue weighted by atomic mass is 10.2. The first-order valence-electron chi connectivity index (χ1n) is 6.47. The van der Waals surface area contributed by atoms with Crippen molar-refractivity contribution in [3.63, 3.8) is 0 Å². The molecule has 0 saturated heterocycles. The molecule has 1 aromatic carbocycles. The monoisotopic (exact) mass is 318 g/mol. The van der Waals surface area contributed by atoms with Gasteiger partial charge in [-0.3, -0.25) is 10.0 Å². The molecular weight excluding hydrogens is 299 g/mol. The molecule has 2 N–H and O–H groups in total. The van der Waals surface area contributed by atoms with Gasteiger partial charge < -0.3 is 0 Å². The third-order valence-electron chi connectivity index (χ3n) is 3.10. The fourth-order valence-electron chi connectivity index (χ4n) is 1.88. The first kappa shape index (κ1) is 17.5. The van der Waals surface area contributed by atoms with E-state index in [9.17, 15) is 17.6 Å². The number of nitrogens with one attached hydrogen (secondary N) is 1. The van der Waals surface area contributed by atoms with Crippen LogP contribution in [0.4, 0.5) is 4.39 Å². The number of amides is 1. The number of halogens is 1. The van der Waals surface area contributed by atoms with Crippen LogP contribution in [-0.4, -0.2) is 36.4 Å². The number of hydrogen-bond donors (Lipinski definition) is 2. The summed E-state index contributed by atoms with van der Waals surface area (Å²) in [7, 11) is -3.96. The number of benzene rings is 1. The summed E-state index contributed by atoms with van der Waals surface area (Å²) in [5.74, 6) is -1.33. The highest BCUT2D eigenvalue weighted by molar-refractivity contribution is 7.89. The molecule has 0 heterocycles. The minimum absolute atomic E-state index is 0.0903. The molecule has 0 aliphatic rings. The lowest BCUT2D eigenvalue weighted by Gasteiger charge is -2.26. The van der Waals surface area contributed by atoms with Crippen LogP contribution >= 0.6 is 0 Å². The normalized spacial score (nSPS) is 13.2. The van der Waals surface area contributed by atoms with Gasteiger partial charge in [0.25, 0.3) is 5.91 Å². The van der Waals surface area contributed by atoms with Crippen LogP contribution < -0.4 is 5.48 Å². The van der Waals surface area contributed by atoms with Crippen molar-refractivity contribution in [2.45, 2.75) is 38.1 Å². The Morgan fingerprint density at radius 1 is 1.48 bits per heavy atom. The summed E-state index contributed by atoms with van der Waals surface area (Å²) >= 11 is 0. The van der Waals surface area contributed by atoms with E-state index in [0.29, 0.717) is 6.42 Å². The van der Waals surface area contributed by atoms with Crippen LogP contribution in [0.3, 0.4) is 0 Å². The summed E-state index contributed by atoms with van der Waals surface area (Å²) in [5.41, 5.74) is 1.64. The second-order valence-electron chi connectivity index (χ2n) is 4.68. The Hall–Kier alpha value is -1.51. The van der Waals surface area contributed by atoms with Gasteiger partial charge in [-0.05, 0) is 44.0 Å². The average molecular weight is 318 g/mol. The van der Waals surface area contributed by atoms with Gasteiger partial charge in [0.1, 0.15) is 11.9 Å². The van der Waals surface area contributed by atoms with Crippen LogP contribution in [0, 0.1) is 12.7 Å². The standard InChI is InChI=1S/C13H19FN2O4S/c1-4-7-16(10(3)13(17)15-18)21(19,20)11-5-6-12(14)9(2)8-11/h5-6,8,10,18H,4,7H2,1-3H3,(H,15,17)/t10-/m1/s1. The summed E-state index contributed by atoms with van der Waals surface area (Å²) in [6.07, 6.45) is 0.489. The maximum Gasteiger partial charge on any atom is 0.261 e. The second kappa shape index (κ2) is 6.97. The molecule has 21 heavy (non-hydrogen) atoms. The molecule has 0 aliphatic carbocycles. The lowest BCUT2D eigenvalue weighted by Crippen LogP contribution is -2.47. The summed E-state index contributed by atoms with van der Waals surface area (Å²) in [6, 6.07) is 2.37. The summed E-state index contributed by atoms with van der Waals surface area (Å²) < 4.78 is 39.4. The van der Waals surface area contributed by atoms with Crippen LogP contribution in [-0.2, 0) is 14.8 Å². The van der Waals surface area contributed by atoms with Crippen molar-refractivity contribution in [3.8, 4) is 0 Å². The van der Waals surface area contributed by atoms with Crippen molar-refractivity contribution < 1.29 is 22.8 Å². The van der Waals surface area contributed by atoms with Gasteiger partial charge in [-0.25, -0.2) is 18.3 Å². The van der Waals surface area contributed by atoms with Crippen molar-refractivity contribution in [3.05, 3.63) is 29.6 Å². The molecule has 0 aliphatic heterocycles. The molecule has 6 nitrogen and oxygen atoms in total. The Bertz CT molecular complexity index is 619. The first-order valence-corrected chi connectivity index (χ1v) is 7.91. The van der Waals surface area contributed by atoms with Gasteiger partial charge in [0.2, 0.25) is 10.0 Å². The minimum atomic E-state index is -3.96. The molecular formula is C13H19FN2O4S. The van der Waals surface area contributed by atoms with E-state index in [1.54, 1.807) is 6.92 Å². The van der Waals surface area contributed by atoms with Crippen LogP contribution in [0.1, 0.15) is 25.8 Å². The number of nitrogens with zero attached hydrogens (tertiary/aromatic N) is 1. The molecule has 1 rings (SSSR count). The number of aryl methyl sites for hydroxylation is 1. The van der Waals surface area contributed by atoms with Crippen LogP contribution in [0.15, 0.2) is 23.1 Å². The van der Waals surface area contributed by atoms with Crippen molar-refractivity contribution in [2.75, 3.05) is 6.54 Å². The zero-order chi connectivity index (χ0) is 16.2. The SMILES string of the molecule is CCCN([C@H](C)C(=O)NO)S(=O)(=O)c1ccc(F)c(C)c1. The van der Waals surface area contributed by atoms with Crippen LogP contribution in [0.5, 0.6) is 0 Å². The molecule has 8 heteroatoms. The highest BCUT2D eigenvalue weighted by Gasteiger charge is 2.32. The fourth-order valence-corrected chi connectivity index (χ4v) is 3.65. The van der Waals surface area contributed by atoms with Gasteiger partial charge in [0, 0.05) is 6.54 Å². The van der Waals surface area contributed by atoms with E-state index in [-0.39, 0.29) is 17.0 Å². The van der Waals surface area contributed by atoms with Crippen LogP contribution in [0.2, 0.25) is 0 Å². The molecule has 0 aromatic heterocycles. The number of hydroxylamine groups is 1. The quantitative estimate of drug-likeness (QED) is 0.613. The molecule has 1 aromatic rings. The van der Waals surface area contributed by atoms with E-state index < -0.39 is 27.8 Å². The largest absolute Gasteiger partial charge is 0.289 e. The topological polar surface area (TPSA) is 86.7 Å². The van der Waals surface area contributed by atoms with Crippen molar-refractivity contribution in [1.82, 2.24) is 9.79 Å². The van der Waals surface area contributed by atoms with Crippen molar-refractivity contribution in [1.29, 1.82) is 0 Å². The van der Waals surface area contributed by atoms with Crippen LogP contribution in [0.25, 0.3) is 0 Å². The predicted octanol–water partition coefficient (Wildman–Crippen LogP) is 1.43. The van der Waals surface area contributed by atoms with E-state index in [1.807, 2.05) is 0 Å². The average Bonchev–Trinajstić information content (AvgIpc) is 2.45. The summed E-state index contributed by atoms with van der Waals surface area (Å²) in [5, 5.41) is 8.67. The number of sulfonamides is 1. The van der Waals surface area contributed by atoms with E-state index in [2.05, 4.69) is 0 Å². The van der Waals surface area contributed by atoms with E-state index >= 15 is 0 Å². The zero-order valence-corrected chi connectivity index (χ0v) is 12.9. The Morgan fingerprint density at radius 2 is 2.10 bits per heavy atom. The van der Waals surface area contributed by atoms with Gasteiger partial charge in [-0.2, -0.15) is 4.31 Å². The number of carbonyl (C=O) groups excluding carboxylic acids is 1. The second-order valence-corrected chi connectivity index (χ2v) is 6.57. The highest BCUT2D eigenvalue weighted by atomic mass is 32.2. The molecule has 118 valence electrons. The van der Waals surface area contributed by atoms with Gasteiger partial charge in [0.05, 0.1) is 4.90 Å². The molecule has 0 radical (unpaired) electrons. The maximum absolute atomic E-state index is 13.3. The molecule has 1 atom stereocenters. The van der Waals surface area contributed by atoms with Gasteiger partial charge >= 0.3 is 0 Å². The molecule has 0 bridgehead atoms. The van der Waals surface area contributed by atoms with Crippen molar-refractivity contribution in [2.24, 2.45) is 0 Å². The Morgan fingerprint density at radius 3 is 2.57 bits per heavy atom. The lowest BCUT2D eigenvalue weighted by molar-refractivity contribution is -0.132. The summed E-state index contributed by atoms with van der Waals surface area (Å²) in [6.45, 7) is 4.70. The zero-order valence-electron chi connectivity index (χ0n) is 12.1. The fraction of sp³-hybridized carbons (Fsp3) is 0.462. The number of rotatable bonds is 6. The molecule has 0 spiro atoms. The minimum Gasteiger partial charge on any atom is -0.289 e. The van der Waals surface area contributed by atoms with Gasteiger partial charge in [-0.15, -0.1) is 0 Å². The molecule has 0 fully saturated rings. The highest BCUT2D eigenvalue weighted by Crippen LogP contribution is 2.21. The first-order chi connectivity index (χ1) is 9.75. The summed E-state index contributed by atoms with van der Waals surface area (Å²) in [4.78, 5) is 11.4. The Labute approximate surface area is 123 Å². The van der Waals surface area contributed by atoms with Gasteiger partial charge in [0.15, 0.2) is 0 Å². The van der Waals surface area contributed by atoms with E-state index in [4.69, 9.17) is 5.21 Å². The van der Waals surface area contributed by atoms with Gasteiger partial charge in [-0.1, -0.05) is 6.92 Å². The molecule has 0 unspecified atom stereocenters. The smallest absolute Gasteiger partial charge is 0.261 e. The maximum atomic E-state index is 13.3. The third kappa shape index (κ3) is 3.78. The number of carbonyl (C=O) groups is 1. The van der Waals surface area contributed by atoms with E-state index in [0.717, 1.165) is 16.4 Å². The molecule has 1 amide bonds. The molecule has 0 saturated carbocycles. The Balaban J connectivity index is 3.27. The van der Waals surface area contributed by atoms with E-state index in [1.165, 1.54) is 25.4 Å². The third-order valence-corrected chi connectivity index (χ3v) is 5.07. The number of hydrogen-bond acceptors (Lipinski definition) is 4. The Kier molecular flexibility index (Phi) is 5.82. The van der Waals surface area contributed by atoms with Crippen molar-refractivity contribution >= 4 is 15.9 Å².